The fourth-order valence-corrected chi connectivity index (χ4v) is 5.20. The number of nitrogens with zero attached hydrogens (tertiary/aromatic N) is 5. The molecule has 2 aromatic heterocycles. The lowest BCUT2D eigenvalue weighted by molar-refractivity contribution is 0.414. The average molecular weight is 536 g/mol. The minimum atomic E-state index is -3.45. The molecular formula is C27H33N7O3S. The number of nitrogens with one attached hydrogen (secondary N) is 2. The van der Waals surface area contributed by atoms with Crippen molar-refractivity contribution in [2.45, 2.75) is 19.5 Å². The minimum Gasteiger partial charge on any atom is -0.497 e. The van der Waals surface area contributed by atoms with Crippen LogP contribution >= 0.6 is 0 Å². The van der Waals surface area contributed by atoms with Crippen molar-refractivity contribution in [3.8, 4) is 5.75 Å². The molecular weight excluding hydrogens is 502 g/mol. The largest absolute Gasteiger partial charge is 0.497 e. The molecule has 0 spiro atoms. The van der Waals surface area contributed by atoms with Gasteiger partial charge in [-0.25, -0.2) is 13.4 Å². The molecule has 1 atom stereocenters. The molecule has 5 rings (SSSR count). The molecule has 4 aromatic rings. The lowest BCUT2D eigenvalue weighted by Crippen LogP contribution is -2.49. The third kappa shape index (κ3) is 5.53. The quantitative estimate of drug-likeness (QED) is 0.354. The van der Waals surface area contributed by atoms with Gasteiger partial charge in [-0.3, -0.25) is 4.31 Å². The molecule has 0 aliphatic carbocycles. The molecule has 2 N–H and O–H groups in total. The highest BCUT2D eigenvalue weighted by Gasteiger charge is 2.18. The van der Waals surface area contributed by atoms with Gasteiger partial charge in [-0.05, 0) is 48.9 Å². The van der Waals surface area contributed by atoms with Crippen molar-refractivity contribution in [2.24, 2.45) is 0 Å². The number of aromatic nitrogens is 3. The number of fused-ring (bicyclic) bond motifs is 1. The van der Waals surface area contributed by atoms with Gasteiger partial charge in [0.15, 0.2) is 0 Å². The maximum atomic E-state index is 12.3. The Morgan fingerprint density at radius 3 is 2.68 bits per heavy atom. The van der Waals surface area contributed by atoms with Crippen LogP contribution in [0.4, 0.5) is 23.0 Å². The molecule has 1 aliphatic rings. The molecule has 0 amide bonds. The Hall–Kier alpha value is -3.83. The summed E-state index contributed by atoms with van der Waals surface area (Å²) >= 11 is 0. The van der Waals surface area contributed by atoms with Crippen LogP contribution in [0, 0.1) is 0 Å². The molecule has 0 saturated carbocycles. The number of rotatable bonds is 8. The highest BCUT2D eigenvalue weighted by Crippen LogP contribution is 2.29. The summed E-state index contributed by atoms with van der Waals surface area (Å²) in [6.07, 6.45) is 4.90. The number of sulfonamides is 1. The van der Waals surface area contributed by atoms with E-state index in [1.165, 1.54) is 16.2 Å². The van der Waals surface area contributed by atoms with Crippen LogP contribution in [-0.4, -0.2) is 69.0 Å². The molecule has 1 aliphatic heterocycles. The number of hydrogen-bond acceptors (Lipinski definition) is 8. The van der Waals surface area contributed by atoms with Gasteiger partial charge in [0.1, 0.15) is 11.4 Å². The molecule has 3 heterocycles. The Morgan fingerprint density at radius 2 is 1.97 bits per heavy atom. The summed E-state index contributed by atoms with van der Waals surface area (Å²) in [4.78, 5) is 11.6. The fourth-order valence-electron chi connectivity index (χ4n) is 4.67. The molecule has 38 heavy (non-hydrogen) atoms. The third-order valence-corrected chi connectivity index (χ3v) is 8.02. The van der Waals surface area contributed by atoms with Gasteiger partial charge >= 0.3 is 0 Å². The van der Waals surface area contributed by atoms with Crippen LogP contribution in [0.3, 0.4) is 0 Å². The zero-order valence-corrected chi connectivity index (χ0v) is 22.9. The number of anilines is 4. The molecule has 1 fully saturated rings. The van der Waals surface area contributed by atoms with E-state index in [0.717, 1.165) is 41.9 Å². The summed E-state index contributed by atoms with van der Waals surface area (Å²) in [5.74, 6) is 1.08. The first kappa shape index (κ1) is 25.8. The number of hydrogen-bond donors (Lipinski definition) is 2. The average Bonchev–Trinajstić information content (AvgIpc) is 3.30. The first-order chi connectivity index (χ1) is 18.2. The van der Waals surface area contributed by atoms with Gasteiger partial charge in [-0.2, -0.15) is 4.98 Å². The second-order valence-corrected chi connectivity index (χ2v) is 11.6. The van der Waals surface area contributed by atoms with Crippen molar-refractivity contribution < 1.29 is 13.2 Å². The van der Waals surface area contributed by atoms with Gasteiger partial charge in [-0.15, -0.1) is 0 Å². The van der Waals surface area contributed by atoms with Crippen molar-refractivity contribution in [3.05, 3.63) is 66.5 Å². The molecule has 200 valence electrons. The predicted octanol–water partition coefficient (Wildman–Crippen LogP) is 3.43. The van der Waals surface area contributed by atoms with Crippen LogP contribution in [0.2, 0.25) is 0 Å². The second-order valence-electron chi connectivity index (χ2n) is 9.61. The van der Waals surface area contributed by atoms with E-state index in [9.17, 15) is 8.42 Å². The van der Waals surface area contributed by atoms with Crippen LogP contribution < -0.4 is 24.6 Å². The van der Waals surface area contributed by atoms with Crippen molar-refractivity contribution in [3.63, 3.8) is 0 Å². The summed E-state index contributed by atoms with van der Waals surface area (Å²) in [6, 6.07) is 16.2. The number of piperazine rings is 1. The lowest BCUT2D eigenvalue weighted by Gasteiger charge is -2.33. The second kappa shape index (κ2) is 10.5. The van der Waals surface area contributed by atoms with Gasteiger partial charge in [-0.1, -0.05) is 6.07 Å². The topological polar surface area (TPSA) is 105 Å². The van der Waals surface area contributed by atoms with Gasteiger partial charge < -0.3 is 24.8 Å². The van der Waals surface area contributed by atoms with E-state index in [1.807, 2.05) is 41.1 Å². The van der Waals surface area contributed by atoms with Crippen LogP contribution in [0.25, 0.3) is 11.0 Å². The molecule has 1 saturated heterocycles. The minimum absolute atomic E-state index is 0.428. The first-order valence-corrected chi connectivity index (χ1v) is 14.3. The van der Waals surface area contributed by atoms with Crippen molar-refractivity contribution in [1.29, 1.82) is 0 Å². The number of benzene rings is 2. The van der Waals surface area contributed by atoms with Gasteiger partial charge in [0.05, 0.1) is 25.6 Å². The van der Waals surface area contributed by atoms with Crippen molar-refractivity contribution >= 4 is 44.1 Å². The number of ether oxygens (including phenoxy) is 1. The van der Waals surface area contributed by atoms with E-state index < -0.39 is 10.0 Å². The Kier molecular flexibility index (Phi) is 7.13. The van der Waals surface area contributed by atoms with E-state index in [-0.39, 0.29) is 0 Å². The number of methoxy groups -OCH3 is 1. The molecule has 11 heteroatoms. The lowest BCUT2D eigenvalue weighted by atomic mass is 10.1. The molecule has 0 bridgehead atoms. The van der Waals surface area contributed by atoms with Crippen LogP contribution in [0.15, 0.2) is 60.9 Å². The summed E-state index contributed by atoms with van der Waals surface area (Å²) in [5, 5.41) is 7.67. The van der Waals surface area contributed by atoms with Gasteiger partial charge in [0.2, 0.25) is 16.0 Å². The van der Waals surface area contributed by atoms with Gasteiger partial charge in [0.25, 0.3) is 0 Å². The Bertz CT molecular complexity index is 1540. The normalized spacial score (nSPS) is 16.0. The summed E-state index contributed by atoms with van der Waals surface area (Å²) in [7, 11) is -0.352. The third-order valence-electron chi connectivity index (χ3n) is 6.83. The molecule has 2 aromatic carbocycles. The van der Waals surface area contributed by atoms with Crippen molar-refractivity contribution in [1.82, 2.24) is 19.9 Å². The molecule has 0 unspecified atom stereocenters. The molecule has 10 nitrogen and oxygen atoms in total. The monoisotopic (exact) mass is 535 g/mol. The first-order valence-electron chi connectivity index (χ1n) is 12.5. The fraction of sp³-hybridized carbons (Fsp3) is 0.333. The SMILES string of the molecule is COc1ccc(Cn2ccc3cnc(Nc4ccc(N5CCN[C@H](C)C5)cc4)nc32)c(N(C)S(C)(=O)=O)c1. The summed E-state index contributed by atoms with van der Waals surface area (Å²) in [6.45, 7) is 5.59. The van der Waals surface area contributed by atoms with E-state index in [2.05, 4.69) is 39.6 Å². The zero-order chi connectivity index (χ0) is 26.9. The highest BCUT2D eigenvalue weighted by molar-refractivity contribution is 7.92. The standard InChI is InChI=1S/C27H33N7O3S/c1-19-17-33(14-12-28-19)23-8-6-22(7-9-23)30-27-29-16-20-11-13-34(26(20)31-27)18-21-5-10-24(37-3)15-25(21)32(2)38(4,35)36/h5-11,13,15-16,19,28H,12,14,17-18H2,1-4H3,(H,29,30,31)/t19-/m1/s1. The Labute approximate surface area is 223 Å². The maximum Gasteiger partial charge on any atom is 0.232 e. The van der Waals surface area contributed by atoms with E-state index in [0.29, 0.717) is 30.0 Å². The van der Waals surface area contributed by atoms with Crippen LogP contribution in [-0.2, 0) is 16.6 Å². The van der Waals surface area contributed by atoms with Crippen molar-refractivity contribution in [2.75, 3.05) is 54.6 Å². The Balaban J connectivity index is 1.38. The van der Waals surface area contributed by atoms with Gasteiger partial charge in [0, 0.05) is 67.9 Å². The predicted molar refractivity (Wildman–Crippen MR) is 152 cm³/mol. The van der Waals surface area contributed by atoms with E-state index in [4.69, 9.17) is 9.72 Å². The highest BCUT2D eigenvalue weighted by atomic mass is 32.2. The Morgan fingerprint density at radius 1 is 1.18 bits per heavy atom. The summed E-state index contributed by atoms with van der Waals surface area (Å²) < 4.78 is 33.2. The maximum absolute atomic E-state index is 12.3. The van der Waals surface area contributed by atoms with E-state index >= 15 is 0 Å². The molecule has 0 radical (unpaired) electrons. The smallest absolute Gasteiger partial charge is 0.232 e. The zero-order valence-electron chi connectivity index (χ0n) is 22.0. The summed E-state index contributed by atoms with van der Waals surface area (Å²) in [5.41, 5.74) is 4.23. The van der Waals surface area contributed by atoms with E-state index in [1.54, 1.807) is 26.4 Å². The van der Waals surface area contributed by atoms with Crippen LogP contribution in [0.5, 0.6) is 5.75 Å². The van der Waals surface area contributed by atoms with Crippen LogP contribution in [0.1, 0.15) is 12.5 Å².